The molecule has 0 spiro atoms. The van der Waals surface area contributed by atoms with E-state index in [0.29, 0.717) is 31.2 Å². The van der Waals surface area contributed by atoms with E-state index in [1.165, 1.54) is 0 Å². The van der Waals surface area contributed by atoms with E-state index in [2.05, 4.69) is 16.0 Å². The summed E-state index contributed by atoms with van der Waals surface area (Å²) < 4.78 is 11.1. The molecule has 2 aliphatic heterocycles. The van der Waals surface area contributed by atoms with E-state index in [9.17, 15) is 24.0 Å². The third kappa shape index (κ3) is 9.53. The Morgan fingerprint density at radius 3 is 1.94 bits per heavy atom. The molecule has 5 atom stereocenters. The van der Waals surface area contributed by atoms with Crippen molar-refractivity contribution in [1.29, 1.82) is 0 Å². The molecule has 2 saturated heterocycles. The summed E-state index contributed by atoms with van der Waals surface area (Å²) in [6.45, 7) is 6.78. The van der Waals surface area contributed by atoms with Crippen molar-refractivity contribution in [3.63, 3.8) is 0 Å². The minimum Gasteiger partial charge on any atom is -0.462 e. The van der Waals surface area contributed by atoms with Crippen molar-refractivity contribution in [3.8, 4) is 0 Å². The Hall–Kier alpha value is -5.19. The average molecular weight is 697 g/mol. The van der Waals surface area contributed by atoms with E-state index >= 15 is 0 Å². The lowest BCUT2D eigenvalue weighted by Crippen LogP contribution is -2.59. The Balaban J connectivity index is 1.39. The summed E-state index contributed by atoms with van der Waals surface area (Å²) in [6, 6.07) is 24.3. The van der Waals surface area contributed by atoms with Gasteiger partial charge in [0.1, 0.15) is 23.7 Å². The fourth-order valence-corrected chi connectivity index (χ4v) is 6.84. The zero-order valence-corrected chi connectivity index (χ0v) is 29.7. The summed E-state index contributed by atoms with van der Waals surface area (Å²) >= 11 is 0. The summed E-state index contributed by atoms with van der Waals surface area (Å²) in [5.74, 6) is -2.41. The lowest BCUT2D eigenvalue weighted by Gasteiger charge is -2.33. The average Bonchev–Trinajstić information content (AvgIpc) is 3.51. The maximum absolute atomic E-state index is 14.6. The maximum Gasteiger partial charge on any atom is 0.408 e. The number of ether oxygens (including phenoxy) is 2. The predicted octanol–water partition coefficient (Wildman–Crippen LogP) is 5.31. The van der Waals surface area contributed by atoms with Gasteiger partial charge >= 0.3 is 12.1 Å². The van der Waals surface area contributed by atoms with E-state index in [0.717, 1.165) is 11.1 Å². The van der Waals surface area contributed by atoms with Crippen LogP contribution in [0.15, 0.2) is 91.0 Å². The van der Waals surface area contributed by atoms with Crippen LogP contribution in [-0.4, -0.2) is 71.1 Å². The van der Waals surface area contributed by atoms with Crippen molar-refractivity contribution < 1.29 is 33.4 Å². The maximum atomic E-state index is 14.6. The summed E-state index contributed by atoms with van der Waals surface area (Å²) in [7, 11) is 0. The van der Waals surface area contributed by atoms with Crippen LogP contribution in [-0.2, 0) is 23.9 Å². The molecule has 11 nitrogen and oxygen atoms in total. The minimum absolute atomic E-state index is 0.123. The highest BCUT2D eigenvalue weighted by Gasteiger charge is 2.48. The molecule has 5 rings (SSSR count). The molecule has 0 saturated carbocycles. The Bertz CT molecular complexity index is 1620. The highest BCUT2D eigenvalue weighted by atomic mass is 16.6. The second kappa shape index (κ2) is 16.7. The van der Waals surface area contributed by atoms with Crippen LogP contribution in [0.25, 0.3) is 0 Å². The van der Waals surface area contributed by atoms with Crippen LogP contribution in [0.5, 0.6) is 0 Å². The van der Waals surface area contributed by atoms with Gasteiger partial charge in [-0.15, -0.1) is 0 Å². The number of hydrogen-bond acceptors (Lipinski definition) is 7. The van der Waals surface area contributed by atoms with E-state index in [1.807, 2.05) is 60.7 Å². The highest BCUT2D eigenvalue weighted by molar-refractivity contribution is 5.95. The first kappa shape index (κ1) is 37.1. The van der Waals surface area contributed by atoms with E-state index in [-0.39, 0.29) is 25.0 Å². The molecular formula is C40H48N4O7. The zero-order chi connectivity index (χ0) is 36.5. The number of carbonyl (C=O) groups excluding carboxylic acids is 5. The van der Waals surface area contributed by atoms with Crippen LogP contribution in [0.4, 0.5) is 4.79 Å². The Kier molecular flexibility index (Phi) is 12.1. The molecule has 270 valence electrons. The van der Waals surface area contributed by atoms with Crippen LogP contribution < -0.4 is 16.0 Å². The highest BCUT2D eigenvalue weighted by Crippen LogP contribution is 2.35. The molecule has 2 heterocycles. The Morgan fingerprint density at radius 1 is 0.804 bits per heavy atom. The summed E-state index contributed by atoms with van der Waals surface area (Å²) in [6.07, 6.45) is 1.57. The van der Waals surface area contributed by atoms with Gasteiger partial charge in [-0.2, -0.15) is 0 Å². The lowest BCUT2D eigenvalue weighted by molar-refractivity contribution is -0.144. The third-order valence-corrected chi connectivity index (χ3v) is 9.37. The second-order valence-corrected chi connectivity index (χ2v) is 14.2. The second-order valence-electron chi connectivity index (χ2n) is 14.2. The van der Waals surface area contributed by atoms with Crippen molar-refractivity contribution >= 4 is 29.8 Å². The third-order valence-electron chi connectivity index (χ3n) is 9.37. The van der Waals surface area contributed by atoms with Crippen molar-refractivity contribution in [3.05, 3.63) is 108 Å². The molecule has 0 radical (unpaired) electrons. The molecule has 0 aromatic heterocycles. The van der Waals surface area contributed by atoms with Gasteiger partial charge in [0.15, 0.2) is 0 Å². The molecule has 0 bridgehead atoms. The molecule has 0 unspecified atom stereocenters. The topological polar surface area (TPSA) is 143 Å². The number of hydrogen-bond donors (Lipinski definition) is 3. The van der Waals surface area contributed by atoms with Crippen LogP contribution in [0.3, 0.4) is 0 Å². The molecule has 3 aromatic carbocycles. The summed E-state index contributed by atoms with van der Waals surface area (Å²) in [5, 5.41) is 8.70. The first-order valence-electron chi connectivity index (χ1n) is 17.7. The molecule has 11 heteroatoms. The fourth-order valence-electron chi connectivity index (χ4n) is 6.84. The van der Waals surface area contributed by atoms with E-state index in [1.54, 1.807) is 62.9 Å². The van der Waals surface area contributed by atoms with Gasteiger partial charge in [0, 0.05) is 12.0 Å². The summed E-state index contributed by atoms with van der Waals surface area (Å²) in [4.78, 5) is 69.7. The largest absolute Gasteiger partial charge is 0.462 e. The molecule has 2 fully saturated rings. The van der Waals surface area contributed by atoms with Crippen LogP contribution in [0.2, 0.25) is 0 Å². The predicted molar refractivity (Wildman–Crippen MR) is 191 cm³/mol. The van der Waals surface area contributed by atoms with Crippen molar-refractivity contribution in [2.75, 3.05) is 6.61 Å². The summed E-state index contributed by atoms with van der Waals surface area (Å²) in [5.41, 5.74) is 1.41. The SMILES string of the molecule is CC[C@H](NC(=O)OC(C)(C)C)C(=O)N[C@@H]1C(=O)N2[C@@H](CC[C@@H]1COC(=O)c1ccccc1)CC[C@H]2C(=O)NC(c1ccccc1)c1ccccc1. The van der Waals surface area contributed by atoms with Gasteiger partial charge < -0.3 is 30.3 Å². The van der Waals surface area contributed by atoms with E-state index < -0.39 is 59.6 Å². The number of fused-ring (bicyclic) bond motifs is 1. The molecule has 3 N–H and O–H groups in total. The van der Waals surface area contributed by atoms with Gasteiger partial charge in [0.05, 0.1) is 18.2 Å². The van der Waals surface area contributed by atoms with Gasteiger partial charge in [-0.1, -0.05) is 85.8 Å². The molecule has 2 aliphatic rings. The first-order chi connectivity index (χ1) is 24.4. The van der Waals surface area contributed by atoms with Crippen LogP contribution in [0.1, 0.15) is 87.3 Å². The standard InChI is InChI=1S/C40H48N4O7/c1-5-31(41-39(49)51-40(2,3)4)35(45)43-34-29(25-50-38(48)28-19-13-8-14-20-28)21-22-30-23-24-32(44(30)37(34)47)36(46)42-33(26-15-9-6-10-16-26)27-17-11-7-12-18-27/h6-20,29-34H,5,21-25H2,1-4H3,(H,41,49)(H,42,46)(H,43,45)/t29-,30+,31+,32+,34+/m1/s1. The zero-order valence-electron chi connectivity index (χ0n) is 29.7. The monoisotopic (exact) mass is 696 g/mol. The quantitative estimate of drug-likeness (QED) is 0.231. The number of amides is 4. The number of rotatable bonds is 11. The number of esters is 1. The molecule has 3 aromatic rings. The lowest BCUT2D eigenvalue weighted by atomic mass is 9.93. The Morgan fingerprint density at radius 2 is 1.37 bits per heavy atom. The smallest absolute Gasteiger partial charge is 0.408 e. The fraction of sp³-hybridized carbons (Fsp3) is 0.425. The number of nitrogens with one attached hydrogen (secondary N) is 3. The van der Waals surface area contributed by atoms with Crippen molar-refractivity contribution in [1.82, 2.24) is 20.9 Å². The number of alkyl carbamates (subject to hydrolysis) is 1. The Labute approximate surface area is 299 Å². The molecular weight excluding hydrogens is 648 g/mol. The van der Waals surface area contributed by atoms with Crippen LogP contribution >= 0.6 is 0 Å². The van der Waals surface area contributed by atoms with Crippen molar-refractivity contribution in [2.45, 2.75) is 95.6 Å². The van der Waals surface area contributed by atoms with Crippen molar-refractivity contribution in [2.24, 2.45) is 5.92 Å². The molecule has 4 amide bonds. The van der Waals surface area contributed by atoms with Gasteiger partial charge in [0.25, 0.3) is 0 Å². The van der Waals surface area contributed by atoms with Gasteiger partial charge in [-0.3, -0.25) is 14.4 Å². The molecule has 0 aliphatic carbocycles. The minimum atomic E-state index is -1.12. The normalized spacial score (nSPS) is 20.8. The van der Waals surface area contributed by atoms with Gasteiger partial charge in [-0.05, 0) is 76.1 Å². The molecule has 51 heavy (non-hydrogen) atoms. The van der Waals surface area contributed by atoms with Crippen LogP contribution in [0, 0.1) is 5.92 Å². The number of nitrogens with zero attached hydrogens (tertiary/aromatic N) is 1. The van der Waals surface area contributed by atoms with Gasteiger partial charge in [0.2, 0.25) is 17.7 Å². The van der Waals surface area contributed by atoms with E-state index in [4.69, 9.17) is 9.47 Å². The number of carbonyl (C=O) groups is 5. The number of benzene rings is 3. The first-order valence-corrected chi connectivity index (χ1v) is 17.7. The van der Waals surface area contributed by atoms with Gasteiger partial charge in [-0.25, -0.2) is 9.59 Å².